The molecule has 0 aliphatic rings. The highest BCUT2D eigenvalue weighted by Crippen LogP contribution is 2.19. The van der Waals surface area contributed by atoms with Crippen LogP contribution in [0.1, 0.15) is 22.8 Å². The molecule has 0 fully saturated rings. The van der Waals surface area contributed by atoms with Gasteiger partial charge in [-0.25, -0.2) is 14.5 Å². The summed E-state index contributed by atoms with van der Waals surface area (Å²) in [5.41, 5.74) is 3.34. The van der Waals surface area contributed by atoms with Crippen LogP contribution in [0.2, 0.25) is 0 Å². The summed E-state index contributed by atoms with van der Waals surface area (Å²) < 4.78 is 6.72. The smallest absolute Gasteiger partial charge is 0.310 e. The van der Waals surface area contributed by atoms with Crippen LogP contribution >= 0.6 is 0 Å². The molecular weight excluding hydrogens is 386 g/mol. The highest BCUT2D eigenvalue weighted by Gasteiger charge is 2.18. The first-order valence-corrected chi connectivity index (χ1v) is 9.06. The van der Waals surface area contributed by atoms with Gasteiger partial charge in [-0.15, -0.1) is 0 Å². The maximum atomic E-state index is 12.3. The highest BCUT2D eigenvalue weighted by molar-refractivity contribution is 5.83. The number of nitrogens with zero attached hydrogens (tertiary/aromatic N) is 6. The number of carbonyl (C=O) groups excluding carboxylic acids is 1. The Labute approximate surface area is 170 Å². The molecule has 30 heavy (non-hydrogen) atoms. The number of benzene rings is 1. The number of nitrogens with one attached hydrogen (secondary N) is 1. The SMILES string of the molecule is Cc1nc2ncnn2c(C)c1CC(=O)OC/C(O)=C(\C#N)c1nc2ccccc2[nH]1. The fourth-order valence-electron chi connectivity index (χ4n) is 3.15. The van der Waals surface area contributed by atoms with Crippen LogP contribution < -0.4 is 0 Å². The van der Waals surface area contributed by atoms with Crippen molar-refractivity contribution in [1.82, 2.24) is 29.5 Å². The van der Waals surface area contributed by atoms with Gasteiger partial charge in [0.1, 0.15) is 24.6 Å². The molecule has 10 nitrogen and oxygen atoms in total. The van der Waals surface area contributed by atoms with Crippen LogP contribution in [0.25, 0.3) is 22.4 Å². The Morgan fingerprint density at radius 2 is 2.10 bits per heavy atom. The Morgan fingerprint density at radius 3 is 2.87 bits per heavy atom. The molecule has 10 heteroatoms. The van der Waals surface area contributed by atoms with Crippen LogP contribution in [0.4, 0.5) is 0 Å². The number of fused-ring (bicyclic) bond motifs is 2. The minimum absolute atomic E-state index is 0.0553. The van der Waals surface area contributed by atoms with Crippen molar-refractivity contribution < 1.29 is 14.6 Å². The summed E-state index contributed by atoms with van der Waals surface area (Å²) in [5.74, 6) is -0.300. The zero-order valence-electron chi connectivity index (χ0n) is 16.2. The number of aromatic amines is 1. The summed E-state index contributed by atoms with van der Waals surface area (Å²) in [6.45, 7) is 3.14. The molecule has 0 amide bonds. The number of imidazole rings is 1. The van der Waals surface area contributed by atoms with Crippen LogP contribution in [0.15, 0.2) is 36.4 Å². The van der Waals surface area contributed by atoms with Gasteiger partial charge >= 0.3 is 5.97 Å². The van der Waals surface area contributed by atoms with E-state index < -0.39 is 12.6 Å². The molecule has 3 heterocycles. The van der Waals surface area contributed by atoms with Crippen LogP contribution in [0.3, 0.4) is 0 Å². The number of hydrogen-bond donors (Lipinski definition) is 2. The summed E-state index contributed by atoms with van der Waals surface area (Å²) in [6, 6.07) is 9.15. The molecule has 1 aromatic carbocycles. The second-order valence-electron chi connectivity index (χ2n) is 6.61. The monoisotopic (exact) mass is 403 g/mol. The lowest BCUT2D eigenvalue weighted by atomic mass is 10.1. The molecule has 3 aromatic heterocycles. The fraction of sp³-hybridized carbons (Fsp3) is 0.200. The number of aliphatic hydroxyl groups excluding tert-OH is 1. The average molecular weight is 403 g/mol. The van der Waals surface area contributed by atoms with Crippen molar-refractivity contribution in [2.24, 2.45) is 0 Å². The van der Waals surface area contributed by atoms with Crippen LogP contribution in [-0.2, 0) is 16.0 Å². The normalized spacial score (nSPS) is 12.0. The zero-order valence-corrected chi connectivity index (χ0v) is 16.2. The van der Waals surface area contributed by atoms with E-state index in [1.54, 1.807) is 17.5 Å². The van der Waals surface area contributed by atoms with Crippen molar-refractivity contribution >= 4 is 28.4 Å². The van der Waals surface area contributed by atoms with Gasteiger partial charge in [0, 0.05) is 17.0 Å². The van der Waals surface area contributed by atoms with Crippen molar-refractivity contribution in [1.29, 1.82) is 5.26 Å². The third-order valence-corrected chi connectivity index (χ3v) is 4.71. The highest BCUT2D eigenvalue weighted by atomic mass is 16.5. The molecule has 4 rings (SSSR count). The van der Waals surface area contributed by atoms with E-state index in [0.29, 0.717) is 22.6 Å². The van der Waals surface area contributed by atoms with E-state index in [-0.39, 0.29) is 23.6 Å². The summed E-state index contributed by atoms with van der Waals surface area (Å²) in [4.78, 5) is 28.0. The Hall–Kier alpha value is -4.26. The molecular formula is C20H17N7O3. The Kier molecular flexibility index (Phi) is 4.85. The van der Waals surface area contributed by atoms with Crippen molar-refractivity contribution in [3.05, 3.63) is 59.1 Å². The fourth-order valence-corrected chi connectivity index (χ4v) is 3.15. The number of aryl methyl sites for hydroxylation is 2. The molecule has 0 unspecified atom stereocenters. The topological polar surface area (TPSA) is 142 Å². The zero-order chi connectivity index (χ0) is 21.3. The first-order chi connectivity index (χ1) is 14.5. The van der Waals surface area contributed by atoms with E-state index in [9.17, 15) is 15.2 Å². The number of rotatable bonds is 5. The third-order valence-electron chi connectivity index (χ3n) is 4.71. The van der Waals surface area contributed by atoms with Gasteiger partial charge in [0.2, 0.25) is 0 Å². The minimum Gasteiger partial charge on any atom is -0.507 e. The predicted octanol–water partition coefficient (Wildman–Crippen LogP) is 2.20. The molecule has 0 atom stereocenters. The van der Waals surface area contributed by atoms with Gasteiger partial charge in [0.15, 0.2) is 11.6 Å². The molecule has 0 spiro atoms. The maximum absolute atomic E-state index is 12.3. The summed E-state index contributed by atoms with van der Waals surface area (Å²) in [6.07, 6.45) is 1.33. The van der Waals surface area contributed by atoms with E-state index in [4.69, 9.17) is 4.74 Å². The van der Waals surface area contributed by atoms with Crippen LogP contribution in [0, 0.1) is 25.2 Å². The number of H-pyrrole nitrogens is 1. The van der Waals surface area contributed by atoms with Crippen LogP contribution in [-0.4, -0.2) is 47.2 Å². The Bertz CT molecular complexity index is 1310. The van der Waals surface area contributed by atoms with Gasteiger partial charge in [0.25, 0.3) is 5.78 Å². The van der Waals surface area contributed by atoms with Crippen LogP contribution in [0.5, 0.6) is 0 Å². The van der Waals surface area contributed by atoms with E-state index in [0.717, 1.165) is 11.2 Å². The van der Waals surface area contributed by atoms with Crippen molar-refractivity contribution in [3.63, 3.8) is 0 Å². The second-order valence-corrected chi connectivity index (χ2v) is 6.61. The Balaban J connectivity index is 1.50. The molecule has 0 saturated carbocycles. The number of esters is 1. The molecule has 0 aliphatic carbocycles. The standard InChI is InChI=1S/C20H17N7O3/c1-11-13(12(2)27-20(24-11)22-10-23-27)7-18(29)30-9-17(28)14(8-21)19-25-15-5-3-4-6-16(15)26-19/h3-6,10,28H,7,9H2,1-2H3,(H,25,26)/b17-14-. The predicted molar refractivity (Wildman–Crippen MR) is 106 cm³/mol. The Morgan fingerprint density at radius 1 is 1.30 bits per heavy atom. The lowest BCUT2D eigenvalue weighted by Crippen LogP contribution is -2.15. The minimum atomic E-state index is -0.573. The van der Waals surface area contributed by atoms with E-state index in [1.165, 1.54) is 6.33 Å². The van der Waals surface area contributed by atoms with Gasteiger partial charge in [-0.3, -0.25) is 4.79 Å². The summed E-state index contributed by atoms with van der Waals surface area (Å²) >= 11 is 0. The lowest BCUT2D eigenvalue weighted by molar-refractivity contribution is -0.142. The molecule has 2 N–H and O–H groups in total. The third kappa shape index (κ3) is 3.44. The second kappa shape index (κ2) is 7.63. The molecule has 0 saturated heterocycles. The first kappa shape index (κ1) is 19.1. The van der Waals surface area contributed by atoms with Crippen molar-refractivity contribution in [2.45, 2.75) is 20.3 Å². The van der Waals surface area contributed by atoms with Crippen molar-refractivity contribution in [2.75, 3.05) is 6.61 Å². The van der Waals surface area contributed by atoms with Gasteiger partial charge in [0.05, 0.1) is 17.5 Å². The lowest BCUT2D eigenvalue weighted by Gasteiger charge is -2.10. The number of allylic oxidation sites excluding steroid dienone is 1. The maximum Gasteiger partial charge on any atom is 0.310 e. The number of para-hydroxylation sites is 2. The average Bonchev–Trinajstić information content (AvgIpc) is 3.36. The summed E-state index contributed by atoms with van der Waals surface area (Å²) in [7, 11) is 0. The molecule has 150 valence electrons. The van der Waals surface area contributed by atoms with Gasteiger partial charge < -0.3 is 14.8 Å². The van der Waals surface area contributed by atoms with Gasteiger partial charge in [-0.1, -0.05) is 12.1 Å². The molecule has 0 aliphatic heterocycles. The van der Waals surface area contributed by atoms with E-state index >= 15 is 0 Å². The number of aliphatic hydroxyl groups is 1. The number of nitriles is 1. The largest absolute Gasteiger partial charge is 0.507 e. The number of aromatic nitrogens is 6. The number of carbonyl (C=O) groups is 1. The molecule has 4 aromatic rings. The summed E-state index contributed by atoms with van der Waals surface area (Å²) in [5, 5.41) is 23.8. The quantitative estimate of drug-likeness (QED) is 0.293. The van der Waals surface area contributed by atoms with Crippen molar-refractivity contribution in [3.8, 4) is 6.07 Å². The molecule has 0 bridgehead atoms. The van der Waals surface area contributed by atoms with E-state index in [2.05, 4.69) is 25.0 Å². The first-order valence-electron chi connectivity index (χ1n) is 9.06. The van der Waals surface area contributed by atoms with E-state index in [1.807, 2.05) is 31.2 Å². The van der Waals surface area contributed by atoms with Gasteiger partial charge in [-0.2, -0.15) is 15.3 Å². The number of hydrogen-bond acceptors (Lipinski definition) is 8. The number of ether oxygens (including phenoxy) is 1. The van der Waals surface area contributed by atoms with Gasteiger partial charge in [-0.05, 0) is 26.0 Å². The molecule has 0 radical (unpaired) electrons.